The number of carbonyl (C=O) groups is 2. The average molecular weight is 459 g/mol. The minimum atomic E-state index is -0.435. The molecule has 0 radical (unpaired) electrons. The Labute approximate surface area is 199 Å². The van der Waals surface area contributed by atoms with E-state index in [4.69, 9.17) is 9.47 Å². The fraction of sp³-hybridized carbons (Fsp3) is 0.630. The maximum atomic E-state index is 12.3. The van der Waals surface area contributed by atoms with E-state index in [1.807, 2.05) is 30.3 Å². The lowest BCUT2D eigenvalue weighted by Gasteiger charge is -2.26. The molecule has 1 aromatic rings. The summed E-state index contributed by atoms with van der Waals surface area (Å²) in [5.74, 6) is -0.430. The number of amides is 1. The number of likely N-dealkylation sites (tertiary alicyclic amines) is 1. The van der Waals surface area contributed by atoms with Crippen LogP contribution in [0.3, 0.4) is 0 Å². The van der Waals surface area contributed by atoms with Crippen LogP contribution < -0.4 is 5.32 Å². The van der Waals surface area contributed by atoms with E-state index in [1.54, 1.807) is 6.08 Å². The van der Waals surface area contributed by atoms with E-state index in [0.717, 1.165) is 38.0 Å². The fourth-order valence-corrected chi connectivity index (χ4v) is 3.96. The number of hydrogen-bond donors (Lipinski definition) is 1. The molecule has 6 heteroatoms. The van der Waals surface area contributed by atoms with Gasteiger partial charge in [0.05, 0.1) is 0 Å². The predicted octanol–water partition coefficient (Wildman–Crippen LogP) is 5.62. The summed E-state index contributed by atoms with van der Waals surface area (Å²) in [7, 11) is 0. The maximum Gasteiger partial charge on any atom is 0.407 e. The van der Waals surface area contributed by atoms with Gasteiger partial charge in [-0.15, -0.1) is 0 Å². The lowest BCUT2D eigenvalue weighted by molar-refractivity contribution is -0.139. The Morgan fingerprint density at radius 1 is 1.03 bits per heavy atom. The summed E-state index contributed by atoms with van der Waals surface area (Å²) in [6.45, 7) is 6.06. The first-order valence-electron chi connectivity index (χ1n) is 12.7. The average Bonchev–Trinajstić information content (AvgIpc) is 2.84. The molecule has 1 aromatic carbocycles. The van der Waals surface area contributed by atoms with Crippen LogP contribution in [0.5, 0.6) is 0 Å². The SMILES string of the molecule is CCCCCCCCC(C=CC(=O)OCc1ccccc1)OC(=O)NCCN1CCCCC1. The van der Waals surface area contributed by atoms with Crippen molar-refractivity contribution in [1.82, 2.24) is 10.2 Å². The van der Waals surface area contributed by atoms with Crippen molar-refractivity contribution >= 4 is 12.1 Å². The number of nitrogens with one attached hydrogen (secondary N) is 1. The summed E-state index contributed by atoms with van der Waals surface area (Å²) in [6, 6.07) is 9.57. The number of hydrogen-bond acceptors (Lipinski definition) is 5. The fourth-order valence-electron chi connectivity index (χ4n) is 3.96. The molecule has 1 aliphatic rings. The monoisotopic (exact) mass is 458 g/mol. The molecule has 1 saturated heterocycles. The molecule has 1 unspecified atom stereocenters. The highest BCUT2D eigenvalue weighted by molar-refractivity contribution is 5.82. The Balaban J connectivity index is 1.75. The first-order chi connectivity index (χ1) is 16.2. The van der Waals surface area contributed by atoms with Gasteiger partial charge in [0.1, 0.15) is 12.7 Å². The molecule has 1 fully saturated rings. The zero-order valence-electron chi connectivity index (χ0n) is 20.3. The van der Waals surface area contributed by atoms with E-state index >= 15 is 0 Å². The first kappa shape index (κ1) is 26.9. The summed E-state index contributed by atoms with van der Waals surface area (Å²) in [6.07, 6.45) is 13.6. The van der Waals surface area contributed by atoms with Crippen LogP contribution in [0.25, 0.3) is 0 Å². The quantitative estimate of drug-likeness (QED) is 0.210. The number of benzene rings is 1. The Hall–Kier alpha value is -2.34. The van der Waals surface area contributed by atoms with Gasteiger partial charge < -0.3 is 19.7 Å². The third-order valence-corrected chi connectivity index (χ3v) is 5.92. The Bertz CT molecular complexity index is 687. The van der Waals surface area contributed by atoms with Crippen molar-refractivity contribution < 1.29 is 19.1 Å². The van der Waals surface area contributed by atoms with Crippen LogP contribution >= 0.6 is 0 Å². The van der Waals surface area contributed by atoms with Crippen molar-refractivity contribution in [1.29, 1.82) is 0 Å². The third-order valence-electron chi connectivity index (χ3n) is 5.92. The van der Waals surface area contributed by atoms with Gasteiger partial charge in [0, 0.05) is 19.2 Å². The van der Waals surface area contributed by atoms with Crippen molar-refractivity contribution in [2.45, 2.75) is 83.8 Å². The van der Waals surface area contributed by atoms with Gasteiger partial charge in [-0.25, -0.2) is 9.59 Å². The lowest BCUT2D eigenvalue weighted by Crippen LogP contribution is -2.38. The van der Waals surface area contributed by atoms with Gasteiger partial charge in [-0.2, -0.15) is 0 Å². The molecule has 0 saturated carbocycles. The van der Waals surface area contributed by atoms with E-state index in [2.05, 4.69) is 17.1 Å². The van der Waals surface area contributed by atoms with Crippen LogP contribution in [0, 0.1) is 0 Å². The van der Waals surface area contributed by atoms with Crippen LogP contribution in [-0.4, -0.2) is 49.2 Å². The van der Waals surface area contributed by atoms with Gasteiger partial charge in [-0.1, -0.05) is 75.8 Å². The van der Waals surface area contributed by atoms with Gasteiger partial charge in [0.25, 0.3) is 0 Å². The van der Waals surface area contributed by atoms with Crippen LogP contribution in [0.4, 0.5) is 4.79 Å². The molecule has 1 atom stereocenters. The number of carbonyl (C=O) groups excluding carboxylic acids is 2. The second-order valence-corrected chi connectivity index (χ2v) is 8.78. The van der Waals surface area contributed by atoms with Gasteiger partial charge in [0.15, 0.2) is 0 Å². The molecular weight excluding hydrogens is 416 g/mol. The molecule has 1 heterocycles. The predicted molar refractivity (Wildman–Crippen MR) is 132 cm³/mol. The van der Waals surface area contributed by atoms with E-state index < -0.39 is 18.2 Å². The number of unbranched alkanes of at least 4 members (excludes halogenated alkanes) is 5. The highest BCUT2D eigenvalue weighted by atomic mass is 16.6. The topological polar surface area (TPSA) is 67.9 Å². The van der Waals surface area contributed by atoms with E-state index in [0.29, 0.717) is 13.0 Å². The summed E-state index contributed by atoms with van der Waals surface area (Å²) >= 11 is 0. The smallest absolute Gasteiger partial charge is 0.407 e. The zero-order chi connectivity index (χ0) is 23.6. The second kappa shape index (κ2) is 17.2. The van der Waals surface area contributed by atoms with Crippen molar-refractivity contribution in [2.75, 3.05) is 26.2 Å². The standard InChI is InChI=1S/C27H42N2O4/c1-2-3-4-5-6-11-16-25(17-18-26(30)32-23-24-14-9-7-10-15-24)33-27(31)28-19-22-29-20-12-8-13-21-29/h7,9-10,14-15,17-18,25H,2-6,8,11-13,16,19-23H2,1H3,(H,28,31). The molecule has 1 N–H and O–H groups in total. The lowest BCUT2D eigenvalue weighted by atomic mass is 10.1. The van der Waals surface area contributed by atoms with Gasteiger partial charge in [-0.3, -0.25) is 0 Å². The number of piperidine rings is 1. The van der Waals surface area contributed by atoms with Crippen molar-refractivity contribution in [3.63, 3.8) is 0 Å². The third kappa shape index (κ3) is 13.1. The largest absolute Gasteiger partial charge is 0.458 e. The molecule has 2 rings (SSSR count). The van der Waals surface area contributed by atoms with Crippen LogP contribution in [-0.2, 0) is 20.9 Å². The highest BCUT2D eigenvalue weighted by Crippen LogP contribution is 2.12. The number of ether oxygens (including phenoxy) is 2. The molecule has 1 aliphatic heterocycles. The number of nitrogens with zero attached hydrogens (tertiary/aromatic N) is 1. The van der Waals surface area contributed by atoms with E-state index in [1.165, 1.54) is 51.0 Å². The zero-order valence-corrected chi connectivity index (χ0v) is 20.3. The minimum Gasteiger partial charge on any atom is -0.458 e. The summed E-state index contributed by atoms with van der Waals surface area (Å²) in [5.41, 5.74) is 0.937. The van der Waals surface area contributed by atoms with Crippen molar-refractivity contribution in [2.24, 2.45) is 0 Å². The van der Waals surface area contributed by atoms with Crippen LogP contribution in [0.2, 0.25) is 0 Å². The van der Waals surface area contributed by atoms with E-state index in [-0.39, 0.29) is 6.61 Å². The molecule has 1 amide bonds. The normalized spacial score (nSPS) is 15.3. The van der Waals surface area contributed by atoms with Crippen molar-refractivity contribution in [3.05, 3.63) is 48.0 Å². The molecule has 0 aliphatic carbocycles. The molecule has 0 spiro atoms. The molecule has 0 aromatic heterocycles. The van der Waals surface area contributed by atoms with Gasteiger partial charge in [0.2, 0.25) is 0 Å². The van der Waals surface area contributed by atoms with Gasteiger partial charge >= 0.3 is 12.1 Å². The van der Waals surface area contributed by atoms with Gasteiger partial charge in [-0.05, 0) is 50.4 Å². The molecule has 6 nitrogen and oxygen atoms in total. The van der Waals surface area contributed by atoms with Crippen LogP contribution in [0.1, 0.15) is 76.7 Å². The minimum absolute atomic E-state index is 0.226. The summed E-state index contributed by atoms with van der Waals surface area (Å²) < 4.78 is 10.9. The second-order valence-electron chi connectivity index (χ2n) is 8.78. The van der Waals surface area contributed by atoms with E-state index in [9.17, 15) is 9.59 Å². The first-order valence-corrected chi connectivity index (χ1v) is 12.7. The number of esters is 1. The Morgan fingerprint density at radius 3 is 2.52 bits per heavy atom. The summed E-state index contributed by atoms with van der Waals surface area (Å²) in [5, 5.41) is 2.86. The number of rotatable bonds is 15. The van der Waals surface area contributed by atoms with Crippen LogP contribution in [0.15, 0.2) is 42.5 Å². The highest BCUT2D eigenvalue weighted by Gasteiger charge is 2.14. The molecule has 0 bridgehead atoms. The molecule has 33 heavy (non-hydrogen) atoms. The molecule has 184 valence electrons. The van der Waals surface area contributed by atoms with Crippen molar-refractivity contribution in [3.8, 4) is 0 Å². The number of alkyl carbamates (subject to hydrolysis) is 1. The summed E-state index contributed by atoms with van der Waals surface area (Å²) in [4.78, 5) is 26.8. The maximum absolute atomic E-state index is 12.3. The molecular formula is C27H42N2O4. The Morgan fingerprint density at radius 2 is 1.76 bits per heavy atom. The Kier molecular flexibility index (Phi) is 14.0.